The molecule has 4 N–H and O–H groups in total. The topological polar surface area (TPSA) is 82.3 Å². The summed E-state index contributed by atoms with van der Waals surface area (Å²) in [6.45, 7) is 6.77. The summed E-state index contributed by atoms with van der Waals surface area (Å²) in [6, 6.07) is 12.5. The second-order valence-corrected chi connectivity index (χ2v) is 7.62. The fourth-order valence-electron chi connectivity index (χ4n) is 3.04. The van der Waals surface area contributed by atoms with Crippen molar-refractivity contribution in [2.45, 2.75) is 59.3 Å². The highest BCUT2D eigenvalue weighted by atomic mass is 16.2. The third kappa shape index (κ3) is 8.55. The van der Waals surface area contributed by atoms with Crippen molar-refractivity contribution in [3.8, 4) is 0 Å². The number of hydrogen-bond acceptors (Lipinski definition) is 2. The van der Waals surface area contributed by atoms with E-state index in [1.165, 1.54) is 25.7 Å². The predicted molar refractivity (Wildman–Crippen MR) is 125 cm³/mol. The Bertz CT molecular complexity index is 818. The Hall–Kier alpha value is -3.02. The Morgan fingerprint density at radius 2 is 1.37 bits per heavy atom. The summed E-state index contributed by atoms with van der Waals surface area (Å²) in [7, 11) is 0. The van der Waals surface area contributed by atoms with E-state index in [4.69, 9.17) is 0 Å². The van der Waals surface area contributed by atoms with Gasteiger partial charge in [0.2, 0.25) is 0 Å². The van der Waals surface area contributed by atoms with Crippen LogP contribution in [0.3, 0.4) is 0 Å². The molecule has 0 saturated heterocycles. The van der Waals surface area contributed by atoms with Crippen molar-refractivity contribution in [3.63, 3.8) is 0 Å². The lowest BCUT2D eigenvalue weighted by atomic mass is 10.1. The number of anilines is 3. The van der Waals surface area contributed by atoms with Crippen LogP contribution in [0.15, 0.2) is 42.5 Å². The number of carbonyl (C=O) groups excluding carboxylic acids is 2. The molecule has 162 valence electrons. The maximum Gasteiger partial charge on any atom is 0.323 e. The van der Waals surface area contributed by atoms with Gasteiger partial charge in [0.1, 0.15) is 0 Å². The van der Waals surface area contributed by atoms with Crippen molar-refractivity contribution in [3.05, 3.63) is 53.6 Å². The molecule has 4 amide bonds. The summed E-state index contributed by atoms with van der Waals surface area (Å²) >= 11 is 0. The number of amides is 4. The second-order valence-electron chi connectivity index (χ2n) is 7.62. The van der Waals surface area contributed by atoms with Crippen LogP contribution < -0.4 is 21.3 Å². The van der Waals surface area contributed by atoms with E-state index < -0.39 is 0 Å². The lowest BCUT2D eigenvalue weighted by Gasteiger charge is -2.13. The highest BCUT2D eigenvalue weighted by molar-refractivity contribution is 6.00. The molecule has 2 rings (SSSR count). The van der Waals surface area contributed by atoms with Gasteiger partial charge in [-0.3, -0.25) is 0 Å². The van der Waals surface area contributed by atoms with E-state index in [2.05, 4.69) is 28.2 Å². The predicted octanol–water partition coefficient (Wildman–Crippen LogP) is 6.43. The van der Waals surface area contributed by atoms with Gasteiger partial charge in [-0.05, 0) is 50.1 Å². The van der Waals surface area contributed by atoms with Gasteiger partial charge in [-0.25, -0.2) is 9.59 Å². The van der Waals surface area contributed by atoms with E-state index in [0.717, 1.165) is 29.7 Å². The number of rotatable bonds is 10. The molecular weight excluding hydrogens is 376 g/mol. The molecule has 0 aliphatic heterocycles. The summed E-state index contributed by atoms with van der Waals surface area (Å²) in [4.78, 5) is 24.4. The van der Waals surface area contributed by atoms with Crippen LogP contribution >= 0.6 is 0 Å². The SMILES string of the molecule is CCCCCCCCNC(=O)Nc1cc(NC(=O)Nc2ccc(C)cc2)ccc1C. The molecule has 0 heterocycles. The van der Waals surface area contributed by atoms with Gasteiger partial charge in [0.25, 0.3) is 0 Å². The minimum Gasteiger partial charge on any atom is -0.338 e. The first-order valence-electron chi connectivity index (χ1n) is 10.8. The molecule has 0 bridgehead atoms. The molecule has 30 heavy (non-hydrogen) atoms. The van der Waals surface area contributed by atoms with Crippen LogP contribution in [0.25, 0.3) is 0 Å². The molecule has 0 aliphatic carbocycles. The Morgan fingerprint density at radius 3 is 2.10 bits per heavy atom. The number of carbonyl (C=O) groups is 2. The maximum absolute atomic E-state index is 12.2. The number of benzene rings is 2. The molecule has 0 aliphatic rings. The van der Waals surface area contributed by atoms with Crippen LogP contribution in [-0.4, -0.2) is 18.6 Å². The fraction of sp³-hybridized carbons (Fsp3) is 0.417. The molecule has 2 aromatic carbocycles. The van der Waals surface area contributed by atoms with Gasteiger partial charge >= 0.3 is 12.1 Å². The maximum atomic E-state index is 12.2. The van der Waals surface area contributed by atoms with Crippen LogP contribution in [0.1, 0.15) is 56.6 Å². The molecule has 0 atom stereocenters. The number of urea groups is 2. The first-order valence-corrected chi connectivity index (χ1v) is 10.8. The molecule has 2 aromatic rings. The van der Waals surface area contributed by atoms with Gasteiger partial charge in [0.05, 0.1) is 0 Å². The largest absolute Gasteiger partial charge is 0.338 e. The summed E-state index contributed by atoms with van der Waals surface area (Å²) in [6.07, 6.45) is 7.11. The zero-order valence-corrected chi connectivity index (χ0v) is 18.3. The molecule has 6 heteroatoms. The van der Waals surface area contributed by atoms with Crippen LogP contribution in [-0.2, 0) is 0 Å². The van der Waals surface area contributed by atoms with Crippen molar-refractivity contribution < 1.29 is 9.59 Å². The second kappa shape index (κ2) is 12.5. The number of nitrogens with one attached hydrogen (secondary N) is 4. The normalized spacial score (nSPS) is 10.4. The smallest absolute Gasteiger partial charge is 0.323 e. The van der Waals surface area contributed by atoms with E-state index in [-0.39, 0.29) is 12.1 Å². The highest BCUT2D eigenvalue weighted by Crippen LogP contribution is 2.20. The average Bonchev–Trinajstić information content (AvgIpc) is 2.71. The lowest BCUT2D eigenvalue weighted by molar-refractivity contribution is 0.252. The Labute approximate surface area is 179 Å². The van der Waals surface area contributed by atoms with Crippen molar-refractivity contribution in [2.75, 3.05) is 22.5 Å². The summed E-state index contributed by atoms with van der Waals surface area (Å²) in [5.74, 6) is 0. The van der Waals surface area contributed by atoms with E-state index in [1.54, 1.807) is 6.07 Å². The first kappa shape index (κ1) is 23.3. The fourth-order valence-corrected chi connectivity index (χ4v) is 3.04. The summed E-state index contributed by atoms with van der Waals surface area (Å²) < 4.78 is 0. The Balaban J connectivity index is 1.80. The van der Waals surface area contributed by atoms with Gasteiger partial charge in [-0.15, -0.1) is 0 Å². The van der Waals surface area contributed by atoms with Crippen LogP contribution in [0.2, 0.25) is 0 Å². The molecule has 0 fully saturated rings. The zero-order chi connectivity index (χ0) is 21.8. The average molecular weight is 411 g/mol. The first-order chi connectivity index (χ1) is 14.5. The molecule has 0 unspecified atom stereocenters. The van der Waals surface area contributed by atoms with E-state index in [0.29, 0.717) is 17.9 Å². The molecule has 0 saturated carbocycles. The standard InChI is InChI=1S/C24H34N4O2/c1-4-5-6-7-8-9-16-25-23(29)28-22-17-21(15-12-19(22)3)27-24(30)26-20-13-10-18(2)11-14-20/h10-15,17H,4-9,16H2,1-3H3,(H2,25,28,29)(H2,26,27,30). The van der Waals surface area contributed by atoms with Crippen LogP contribution in [0.4, 0.5) is 26.7 Å². The van der Waals surface area contributed by atoms with Crippen molar-refractivity contribution in [1.82, 2.24) is 5.32 Å². The van der Waals surface area contributed by atoms with E-state index >= 15 is 0 Å². The summed E-state index contributed by atoms with van der Waals surface area (Å²) in [5, 5.41) is 11.4. The van der Waals surface area contributed by atoms with Gasteiger partial charge in [0.15, 0.2) is 0 Å². The van der Waals surface area contributed by atoms with Crippen LogP contribution in [0, 0.1) is 13.8 Å². The molecule has 0 aromatic heterocycles. The van der Waals surface area contributed by atoms with Crippen molar-refractivity contribution in [1.29, 1.82) is 0 Å². The molecule has 6 nitrogen and oxygen atoms in total. The van der Waals surface area contributed by atoms with Crippen LogP contribution in [0.5, 0.6) is 0 Å². The number of aryl methyl sites for hydroxylation is 2. The van der Waals surface area contributed by atoms with E-state index in [1.807, 2.05) is 50.2 Å². The lowest BCUT2D eigenvalue weighted by Crippen LogP contribution is -2.29. The highest BCUT2D eigenvalue weighted by Gasteiger charge is 2.08. The quantitative estimate of drug-likeness (QED) is 0.340. The number of unbranched alkanes of at least 4 members (excludes halogenated alkanes) is 5. The zero-order valence-electron chi connectivity index (χ0n) is 18.3. The van der Waals surface area contributed by atoms with Gasteiger partial charge in [0, 0.05) is 23.6 Å². The molecule has 0 spiro atoms. The minimum atomic E-state index is -0.332. The minimum absolute atomic E-state index is 0.229. The van der Waals surface area contributed by atoms with Gasteiger partial charge < -0.3 is 21.3 Å². The Kier molecular flexibility index (Phi) is 9.71. The third-order valence-electron chi connectivity index (χ3n) is 4.87. The Morgan fingerprint density at radius 1 is 0.733 bits per heavy atom. The van der Waals surface area contributed by atoms with Gasteiger partial charge in [-0.2, -0.15) is 0 Å². The van der Waals surface area contributed by atoms with E-state index in [9.17, 15) is 9.59 Å². The summed E-state index contributed by atoms with van der Waals surface area (Å²) in [5.41, 5.74) is 4.05. The number of hydrogen-bond donors (Lipinski definition) is 4. The monoisotopic (exact) mass is 410 g/mol. The van der Waals surface area contributed by atoms with Gasteiger partial charge in [-0.1, -0.05) is 62.8 Å². The van der Waals surface area contributed by atoms with Crippen molar-refractivity contribution >= 4 is 29.1 Å². The molecular formula is C24H34N4O2. The molecule has 0 radical (unpaired) electrons. The van der Waals surface area contributed by atoms with Crippen molar-refractivity contribution in [2.24, 2.45) is 0 Å². The third-order valence-corrected chi connectivity index (χ3v) is 4.87.